The highest BCUT2D eigenvalue weighted by Gasteiger charge is 2.38. The number of aryl methyl sites for hydroxylation is 1. The summed E-state index contributed by atoms with van der Waals surface area (Å²) in [6, 6.07) is 0. The van der Waals surface area contributed by atoms with E-state index < -0.39 is 11.9 Å². The van der Waals surface area contributed by atoms with E-state index >= 15 is 0 Å². The number of hydrogen-bond acceptors (Lipinski definition) is 3. The van der Waals surface area contributed by atoms with Gasteiger partial charge in [-0.05, 0) is 0 Å². The Bertz CT molecular complexity index is 292. The summed E-state index contributed by atoms with van der Waals surface area (Å²) in [6.45, 7) is 1.37. The number of halogens is 3. The maximum Gasteiger partial charge on any atom is 0.436 e. The molecule has 0 amide bonds. The minimum atomic E-state index is -4.48. The summed E-state index contributed by atoms with van der Waals surface area (Å²) in [7, 11) is 0. The summed E-state index contributed by atoms with van der Waals surface area (Å²) >= 11 is 0. The maximum atomic E-state index is 12.2. The van der Waals surface area contributed by atoms with Gasteiger partial charge in [0.25, 0.3) is 0 Å². The highest BCUT2D eigenvalue weighted by Crippen LogP contribution is 2.31. The summed E-state index contributed by atoms with van der Waals surface area (Å²) in [5.41, 5.74) is 4.07. The predicted molar refractivity (Wildman–Crippen MR) is 38.8 cm³/mol. The van der Waals surface area contributed by atoms with Gasteiger partial charge in [0.05, 0.1) is 6.54 Å². The van der Waals surface area contributed by atoms with Gasteiger partial charge in [-0.25, -0.2) is 4.98 Å². The molecule has 3 nitrogen and oxygen atoms in total. The van der Waals surface area contributed by atoms with Crippen molar-refractivity contribution >= 4 is 0 Å². The van der Waals surface area contributed by atoms with E-state index in [1.165, 1.54) is 0 Å². The second kappa shape index (κ2) is 3.37. The molecule has 0 radical (unpaired) electrons. The van der Waals surface area contributed by atoms with Crippen LogP contribution in [0.2, 0.25) is 0 Å². The number of nitrogens with two attached hydrogens (primary N) is 1. The van der Waals surface area contributed by atoms with E-state index in [1.54, 1.807) is 6.92 Å². The fraction of sp³-hybridized carbons (Fsp3) is 0.571. The van der Waals surface area contributed by atoms with Crippen molar-refractivity contribution in [2.45, 2.75) is 26.1 Å². The number of aromatic nitrogens is 1. The third-order valence-electron chi connectivity index (χ3n) is 1.50. The van der Waals surface area contributed by atoms with Gasteiger partial charge in [-0.2, -0.15) is 13.2 Å². The monoisotopic (exact) mass is 194 g/mol. The summed E-state index contributed by atoms with van der Waals surface area (Å²) in [4.78, 5) is 3.30. The Morgan fingerprint density at radius 1 is 1.46 bits per heavy atom. The first-order valence-electron chi connectivity index (χ1n) is 3.74. The zero-order chi connectivity index (χ0) is 10.1. The van der Waals surface area contributed by atoms with Crippen molar-refractivity contribution in [1.29, 1.82) is 0 Å². The molecule has 1 rings (SSSR count). The van der Waals surface area contributed by atoms with Crippen LogP contribution in [0.5, 0.6) is 0 Å². The van der Waals surface area contributed by atoms with E-state index in [0.29, 0.717) is 6.42 Å². The first kappa shape index (κ1) is 10.0. The molecule has 74 valence electrons. The second-order valence-corrected chi connectivity index (χ2v) is 2.43. The highest BCUT2D eigenvalue weighted by atomic mass is 19.4. The minimum absolute atomic E-state index is 0.0628. The van der Waals surface area contributed by atoms with Crippen LogP contribution in [-0.4, -0.2) is 4.98 Å². The van der Waals surface area contributed by atoms with Crippen LogP contribution in [0.3, 0.4) is 0 Å². The SMILES string of the molecule is CCc1nc(C(F)(F)F)c(CN)o1. The lowest BCUT2D eigenvalue weighted by molar-refractivity contribution is -0.142. The van der Waals surface area contributed by atoms with Crippen LogP contribution in [0.1, 0.15) is 24.3 Å². The van der Waals surface area contributed by atoms with Crippen LogP contribution in [0.15, 0.2) is 4.42 Å². The van der Waals surface area contributed by atoms with E-state index in [2.05, 4.69) is 4.98 Å². The first-order valence-corrected chi connectivity index (χ1v) is 3.74. The van der Waals surface area contributed by atoms with Crippen LogP contribution in [-0.2, 0) is 19.1 Å². The van der Waals surface area contributed by atoms with Crippen LogP contribution in [0, 0.1) is 0 Å². The number of hydrogen-bond donors (Lipinski definition) is 1. The topological polar surface area (TPSA) is 52.0 Å². The van der Waals surface area contributed by atoms with E-state index in [-0.39, 0.29) is 18.2 Å². The van der Waals surface area contributed by atoms with Gasteiger partial charge >= 0.3 is 6.18 Å². The van der Waals surface area contributed by atoms with Crippen LogP contribution in [0.25, 0.3) is 0 Å². The number of nitrogens with zero attached hydrogens (tertiary/aromatic N) is 1. The molecule has 0 aliphatic heterocycles. The third-order valence-corrected chi connectivity index (χ3v) is 1.50. The molecule has 6 heteroatoms. The molecule has 0 bridgehead atoms. The van der Waals surface area contributed by atoms with E-state index in [9.17, 15) is 13.2 Å². The number of oxazole rings is 1. The predicted octanol–water partition coefficient (Wildman–Crippen LogP) is 1.71. The summed E-state index contributed by atoms with van der Waals surface area (Å²) in [5.74, 6) is -0.239. The molecule has 0 atom stereocenters. The molecule has 0 fully saturated rings. The van der Waals surface area contributed by atoms with Gasteiger partial charge in [-0.3, -0.25) is 0 Å². The van der Waals surface area contributed by atoms with E-state index in [4.69, 9.17) is 10.2 Å². The van der Waals surface area contributed by atoms with Crippen molar-refractivity contribution in [3.05, 3.63) is 17.3 Å². The summed E-state index contributed by atoms with van der Waals surface area (Å²) in [5, 5.41) is 0. The quantitative estimate of drug-likeness (QED) is 0.779. The van der Waals surface area contributed by atoms with Gasteiger partial charge in [-0.1, -0.05) is 6.92 Å². The van der Waals surface area contributed by atoms with Crippen LogP contribution in [0.4, 0.5) is 13.2 Å². The fourth-order valence-electron chi connectivity index (χ4n) is 0.911. The Kier molecular flexibility index (Phi) is 2.60. The second-order valence-electron chi connectivity index (χ2n) is 2.43. The van der Waals surface area contributed by atoms with Crippen molar-refractivity contribution in [3.8, 4) is 0 Å². The Morgan fingerprint density at radius 3 is 2.38 bits per heavy atom. The Hall–Kier alpha value is -1.04. The summed E-state index contributed by atoms with van der Waals surface area (Å²) < 4.78 is 41.4. The molecule has 0 aromatic carbocycles. The lowest BCUT2D eigenvalue weighted by atomic mass is 10.3. The van der Waals surface area contributed by atoms with Gasteiger partial charge in [0.1, 0.15) is 0 Å². The van der Waals surface area contributed by atoms with E-state index in [0.717, 1.165) is 0 Å². The van der Waals surface area contributed by atoms with Crippen LogP contribution >= 0.6 is 0 Å². The Morgan fingerprint density at radius 2 is 2.08 bits per heavy atom. The molecule has 2 N–H and O–H groups in total. The van der Waals surface area contributed by atoms with Crippen molar-refractivity contribution in [1.82, 2.24) is 4.98 Å². The summed E-state index contributed by atoms with van der Waals surface area (Å²) in [6.07, 6.45) is -4.16. The first-order chi connectivity index (χ1) is 5.99. The molecular formula is C7H9F3N2O. The Balaban J connectivity index is 3.11. The lowest BCUT2D eigenvalue weighted by Gasteiger charge is -2.01. The molecule has 0 aliphatic rings. The average molecular weight is 194 g/mol. The molecule has 1 aromatic heterocycles. The lowest BCUT2D eigenvalue weighted by Crippen LogP contribution is -2.10. The van der Waals surface area contributed by atoms with Crippen molar-refractivity contribution in [2.24, 2.45) is 5.73 Å². The zero-order valence-electron chi connectivity index (χ0n) is 6.98. The zero-order valence-corrected chi connectivity index (χ0v) is 6.98. The molecule has 0 unspecified atom stereocenters. The van der Waals surface area contributed by atoms with Gasteiger partial charge in [0.2, 0.25) is 0 Å². The number of alkyl halides is 3. The molecule has 0 aliphatic carbocycles. The van der Waals surface area contributed by atoms with Gasteiger partial charge in [0.15, 0.2) is 17.3 Å². The maximum absolute atomic E-state index is 12.2. The molecular weight excluding hydrogens is 185 g/mol. The van der Waals surface area contributed by atoms with Gasteiger partial charge < -0.3 is 10.2 Å². The molecule has 0 saturated carbocycles. The number of rotatable bonds is 2. The molecule has 0 saturated heterocycles. The van der Waals surface area contributed by atoms with Gasteiger partial charge in [0, 0.05) is 6.42 Å². The molecule has 1 heterocycles. The van der Waals surface area contributed by atoms with Crippen LogP contribution < -0.4 is 5.73 Å². The molecule has 1 aromatic rings. The molecule has 13 heavy (non-hydrogen) atoms. The average Bonchev–Trinajstić information content (AvgIpc) is 2.46. The van der Waals surface area contributed by atoms with Gasteiger partial charge in [-0.15, -0.1) is 0 Å². The largest absolute Gasteiger partial charge is 0.444 e. The smallest absolute Gasteiger partial charge is 0.436 e. The molecule has 0 spiro atoms. The third kappa shape index (κ3) is 2.00. The van der Waals surface area contributed by atoms with E-state index in [1.807, 2.05) is 0 Å². The minimum Gasteiger partial charge on any atom is -0.444 e. The fourth-order valence-corrected chi connectivity index (χ4v) is 0.911. The van der Waals surface area contributed by atoms with Crippen molar-refractivity contribution in [2.75, 3.05) is 0 Å². The standard InChI is InChI=1S/C7H9F3N2O/c1-2-5-12-6(7(8,9)10)4(3-11)13-5/h2-3,11H2,1H3. The Labute approximate surface area is 72.7 Å². The highest BCUT2D eigenvalue weighted by molar-refractivity contribution is 5.13. The van der Waals surface area contributed by atoms with Crippen molar-refractivity contribution in [3.63, 3.8) is 0 Å². The van der Waals surface area contributed by atoms with Crippen molar-refractivity contribution < 1.29 is 17.6 Å². The normalized spacial score (nSPS) is 12.1.